The van der Waals surface area contributed by atoms with Crippen LogP contribution in [0.1, 0.15) is 16.8 Å². The molecule has 0 aliphatic rings. The highest BCUT2D eigenvalue weighted by Crippen LogP contribution is 2.20. The number of para-hydroxylation sites is 2. The predicted molar refractivity (Wildman–Crippen MR) is 121 cm³/mol. The van der Waals surface area contributed by atoms with Crippen LogP contribution in [0.5, 0.6) is 5.75 Å². The van der Waals surface area contributed by atoms with E-state index in [0.29, 0.717) is 23.5 Å². The number of hydrogen-bond donors (Lipinski definition) is 2. The van der Waals surface area contributed by atoms with E-state index in [9.17, 15) is 9.59 Å². The van der Waals surface area contributed by atoms with E-state index in [2.05, 4.69) is 22.8 Å². The molecule has 0 bridgehead atoms. The van der Waals surface area contributed by atoms with Crippen LogP contribution in [-0.2, 0) is 4.79 Å². The zero-order valence-corrected chi connectivity index (χ0v) is 17.4. The van der Waals surface area contributed by atoms with Gasteiger partial charge in [0.15, 0.2) is 6.61 Å². The number of thioether (sulfide) groups is 1. The molecule has 0 aromatic heterocycles. The molecule has 0 atom stereocenters. The summed E-state index contributed by atoms with van der Waals surface area (Å²) in [7, 11) is 0. The summed E-state index contributed by atoms with van der Waals surface area (Å²) in [6, 6.07) is 26.3. The summed E-state index contributed by atoms with van der Waals surface area (Å²) >= 11 is 1.76. The molecule has 154 valence electrons. The first-order chi connectivity index (χ1) is 14.7. The van der Waals surface area contributed by atoms with Gasteiger partial charge >= 0.3 is 0 Å². The Morgan fingerprint density at radius 3 is 2.27 bits per heavy atom. The molecule has 2 N–H and O–H groups in total. The third kappa shape index (κ3) is 6.97. The number of anilines is 1. The molecule has 0 unspecified atom stereocenters. The normalized spacial score (nSPS) is 10.3. The molecule has 6 heteroatoms. The number of ether oxygens (including phenoxy) is 1. The summed E-state index contributed by atoms with van der Waals surface area (Å²) in [5.74, 6) is 0.807. The van der Waals surface area contributed by atoms with Crippen LogP contribution < -0.4 is 15.4 Å². The second-order valence-electron chi connectivity index (χ2n) is 6.47. The fourth-order valence-electron chi connectivity index (χ4n) is 2.70. The van der Waals surface area contributed by atoms with Crippen molar-refractivity contribution in [2.24, 2.45) is 0 Å². The summed E-state index contributed by atoms with van der Waals surface area (Å²) in [5.41, 5.74) is 1.08. The first-order valence-electron chi connectivity index (χ1n) is 9.75. The van der Waals surface area contributed by atoms with Gasteiger partial charge in [-0.2, -0.15) is 0 Å². The maximum absolute atomic E-state index is 12.5. The van der Waals surface area contributed by atoms with E-state index in [4.69, 9.17) is 4.74 Å². The van der Waals surface area contributed by atoms with Crippen LogP contribution in [0.4, 0.5) is 5.69 Å². The van der Waals surface area contributed by atoms with Crippen LogP contribution in [0.2, 0.25) is 0 Å². The molecule has 3 rings (SSSR count). The molecular weight excluding hydrogens is 396 g/mol. The first kappa shape index (κ1) is 21.5. The Balaban J connectivity index is 1.41. The summed E-state index contributed by atoms with van der Waals surface area (Å²) in [4.78, 5) is 25.8. The quantitative estimate of drug-likeness (QED) is 0.371. The number of nitrogens with one attached hydrogen (secondary N) is 2. The van der Waals surface area contributed by atoms with Gasteiger partial charge in [-0.25, -0.2) is 0 Å². The van der Waals surface area contributed by atoms with Gasteiger partial charge in [-0.1, -0.05) is 48.5 Å². The second kappa shape index (κ2) is 11.7. The van der Waals surface area contributed by atoms with Gasteiger partial charge in [0, 0.05) is 17.1 Å². The van der Waals surface area contributed by atoms with Crippen molar-refractivity contribution in [2.45, 2.75) is 11.3 Å². The average molecular weight is 421 g/mol. The van der Waals surface area contributed by atoms with Gasteiger partial charge in [0.1, 0.15) is 5.75 Å². The minimum absolute atomic E-state index is 0.137. The summed E-state index contributed by atoms with van der Waals surface area (Å²) in [6.45, 7) is 0.444. The number of benzene rings is 3. The highest BCUT2D eigenvalue weighted by molar-refractivity contribution is 7.99. The van der Waals surface area contributed by atoms with E-state index in [1.807, 2.05) is 48.5 Å². The topological polar surface area (TPSA) is 67.4 Å². The molecular formula is C24H24N2O3S. The standard InChI is InChI=1S/C24H24N2O3S/c27-23(25-16-9-17-30-20-12-5-2-6-13-20)18-29-22-15-8-7-14-21(22)24(28)26-19-10-3-1-4-11-19/h1-8,10-15H,9,16-18H2,(H,25,27)(H,26,28). The van der Waals surface area contributed by atoms with Gasteiger partial charge in [0.25, 0.3) is 11.8 Å². The van der Waals surface area contributed by atoms with E-state index in [-0.39, 0.29) is 18.4 Å². The molecule has 0 heterocycles. The number of amides is 2. The fraction of sp³-hybridized carbons (Fsp3) is 0.167. The zero-order chi connectivity index (χ0) is 21.0. The van der Waals surface area contributed by atoms with Crippen LogP contribution in [0.15, 0.2) is 89.8 Å². The van der Waals surface area contributed by atoms with Gasteiger partial charge in [-0.3, -0.25) is 9.59 Å². The van der Waals surface area contributed by atoms with Crippen LogP contribution in [0.3, 0.4) is 0 Å². The molecule has 0 saturated carbocycles. The van der Waals surface area contributed by atoms with Crippen molar-refractivity contribution in [3.8, 4) is 5.75 Å². The molecule has 0 aliphatic carbocycles. The van der Waals surface area contributed by atoms with Gasteiger partial charge in [-0.05, 0) is 48.6 Å². The Morgan fingerprint density at radius 2 is 1.50 bits per heavy atom. The number of rotatable bonds is 10. The third-order valence-corrected chi connectivity index (χ3v) is 5.28. The highest BCUT2D eigenvalue weighted by Gasteiger charge is 2.13. The molecule has 3 aromatic carbocycles. The highest BCUT2D eigenvalue weighted by atomic mass is 32.2. The smallest absolute Gasteiger partial charge is 0.259 e. The van der Waals surface area contributed by atoms with E-state index in [1.54, 1.807) is 36.0 Å². The van der Waals surface area contributed by atoms with Crippen molar-refractivity contribution < 1.29 is 14.3 Å². The van der Waals surface area contributed by atoms with Gasteiger partial charge < -0.3 is 15.4 Å². The molecule has 2 amide bonds. The molecule has 0 fully saturated rings. The summed E-state index contributed by atoms with van der Waals surface area (Å²) in [5, 5.41) is 5.68. The number of hydrogen-bond acceptors (Lipinski definition) is 4. The van der Waals surface area contributed by atoms with Crippen molar-refractivity contribution in [1.82, 2.24) is 5.32 Å². The van der Waals surface area contributed by atoms with E-state index in [0.717, 1.165) is 12.2 Å². The number of carbonyl (C=O) groups excluding carboxylic acids is 2. The largest absolute Gasteiger partial charge is 0.483 e. The molecule has 30 heavy (non-hydrogen) atoms. The fourth-order valence-corrected chi connectivity index (χ4v) is 3.58. The van der Waals surface area contributed by atoms with Crippen molar-refractivity contribution in [3.63, 3.8) is 0 Å². The van der Waals surface area contributed by atoms with Crippen molar-refractivity contribution >= 4 is 29.3 Å². The lowest BCUT2D eigenvalue weighted by molar-refractivity contribution is -0.123. The maximum atomic E-state index is 12.5. The maximum Gasteiger partial charge on any atom is 0.259 e. The molecule has 0 aliphatic heterocycles. The van der Waals surface area contributed by atoms with Gasteiger partial charge in [0.2, 0.25) is 0 Å². The molecule has 3 aromatic rings. The molecule has 0 radical (unpaired) electrons. The Hall–Kier alpha value is -3.25. The van der Waals surface area contributed by atoms with E-state index >= 15 is 0 Å². The lowest BCUT2D eigenvalue weighted by Gasteiger charge is -2.12. The predicted octanol–water partition coefficient (Wildman–Crippen LogP) is 4.62. The lowest BCUT2D eigenvalue weighted by atomic mass is 10.2. The summed E-state index contributed by atoms with van der Waals surface area (Å²) in [6.07, 6.45) is 0.862. The van der Waals surface area contributed by atoms with Crippen LogP contribution in [-0.4, -0.2) is 30.7 Å². The Morgan fingerprint density at radius 1 is 0.833 bits per heavy atom. The SMILES string of the molecule is O=C(COc1ccccc1C(=O)Nc1ccccc1)NCCCSc1ccccc1. The zero-order valence-electron chi connectivity index (χ0n) is 16.5. The molecule has 0 spiro atoms. The number of carbonyl (C=O) groups is 2. The minimum atomic E-state index is -0.282. The van der Waals surface area contributed by atoms with Crippen molar-refractivity contribution in [2.75, 3.05) is 24.2 Å². The Labute approximate surface area is 180 Å². The first-order valence-corrected chi connectivity index (χ1v) is 10.7. The van der Waals surface area contributed by atoms with E-state index < -0.39 is 0 Å². The van der Waals surface area contributed by atoms with Gasteiger partial charge in [0.05, 0.1) is 5.56 Å². The summed E-state index contributed by atoms with van der Waals surface area (Å²) < 4.78 is 5.61. The second-order valence-corrected chi connectivity index (χ2v) is 7.64. The minimum Gasteiger partial charge on any atom is -0.483 e. The Bertz CT molecular complexity index is 949. The van der Waals surface area contributed by atoms with Crippen LogP contribution in [0.25, 0.3) is 0 Å². The molecule has 0 saturated heterocycles. The Kier molecular flexibility index (Phi) is 8.35. The van der Waals surface area contributed by atoms with Crippen molar-refractivity contribution in [3.05, 3.63) is 90.5 Å². The van der Waals surface area contributed by atoms with Crippen LogP contribution >= 0.6 is 11.8 Å². The monoisotopic (exact) mass is 420 g/mol. The lowest BCUT2D eigenvalue weighted by Crippen LogP contribution is -2.30. The van der Waals surface area contributed by atoms with E-state index in [1.165, 1.54) is 4.90 Å². The average Bonchev–Trinajstić information content (AvgIpc) is 2.79. The molecule has 5 nitrogen and oxygen atoms in total. The third-order valence-electron chi connectivity index (χ3n) is 4.18. The van der Waals surface area contributed by atoms with Crippen LogP contribution in [0, 0.1) is 0 Å². The van der Waals surface area contributed by atoms with Crippen molar-refractivity contribution in [1.29, 1.82) is 0 Å². The van der Waals surface area contributed by atoms with Gasteiger partial charge in [-0.15, -0.1) is 11.8 Å².